The molecule has 1 aromatic rings. The molecular formula is C11H18ClNO. The van der Waals surface area contributed by atoms with Crippen LogP contribution in [0.4, 0.5) is 0 Å². The summed E-state index contributed by atoms with van der Waals surface area (Å²) in [6.07, 6.45) is 1.96. The van der Waals surface area contributed by atoms with Gasteiger partial charge < -0.3 is 10.5 Å². The molecule has 80 valence electrons. The monoisotopic (exact) mass is 215 g/mol. The van der Waals surface area contributed by atoms with Gasteiger partial charge in [-0.05, 0) is 30.5 Å². The Morgan fingerprint density at radius 2 is 1.86 bits per heavy atom. The highest BCUT2D eigenvalue weighted by Gasteiger charge is 2.00. The molecule has 0 saturated carbocycles. The molecule has 2 N–H and O–H groups in total. The molecular weight excluding hydrogens is 198 g/mol. The van der Waals surface area contributed by atoms with E-state index in [0.29, 0.717) is 0 Å². The van der Waals surface area contributed by atoms with E-state index < -0.39 is 0 Å². The minimum atomic E-state index is 0. The topological polar surface area (TPSA) is 35.2 Å². The van der Waals surface area contributed by atoms with Gasteiger partial charge in [0.25, 0.3) is 0 Å². The van der Waals surface area contributed by atoms with E-state index in [9.17, 15) is 0 Å². The van der Waals surface area contributed by atoms with Crippen LogP contribution in [0, 0.1) is 0 Å². The third kappa shape index (κ3) is 3.99. The summed E-state index contributed by atoms with van der Waals surface area (Å²) in [5, 5.41) is 0. The Kier molecular flexibility index (Phi) is 6.34. The Balaban J connectivity index is 0.00000169. The molecule has 0 aromatic heterocycles. The highest BCUT2D eigenvalue weighted by Crippen LogP contribution is 2.12. The van der Waals surface area contributed by atoms with E-state index in [4.69, 9.17) is 10.5 Å². The minimum absolute atomic E-state index is 0. The third-order valence-electron chi connectivity index (χ3n) is 2.18. The average Bonchev–Trinajstić information content (AvgIpc) is 2.19. The van der Waals surface area contributed by atoms with Crippen LogP contribution in [-0.2, 0) is 6.42 Å². The number of rotatable bonds is 4. The molecule has 1 rings (SSSR count). The molecule has 0 saturated heterocycles. The lowest BCUT2D eigenvalue weighted by Gasteiger charge is -2.08. The number of halogens is 1. The SMILES string of the molecule is CCC(N)Cc1ccc(OC)cc1.Cl. The van der Waals surface area contributed by atoms with Gasteiger partial charge in [0.15, 0.2) is 0 Å². The summed E-state index contributed by atoms with van der Waals surface area (Å²) in [6, 6.07) is 8.34. The van der Waals surface area contributed by atoms with Crippen molar-refractivity contribution in [3.05, 3.63) is 29.8 Å². The van der Waals surface area contributed by atoms with Gasteiger partial charge in [-0.3, -0.25) is 0 Å². The number of benzene rings is 1. The molecule has 0 radical (unpaired) electrons. The first-order chi connectivity index (χ1) is 6.26. The van der Waals surface area contributed by atoms with E-state index in [-0.39, 0.29) is 18.4 Å². The van der Waals surface area contributed by atoms with Crippen molar-refractivity contribution in [2.75, 3.05) is 7.11 Å². The summed E-state index contributed by atoms with van der Waals surface area (Å²) in [7, 11) is 1.67. The molecule has 0 heterocycles. The lowest BCUT2D eigenvalue weighted by atomic mass is 10.1. The van der Waals surface area contributed by atoms with E-state index in [1.54, 1.807) is 7.11 Å². The van der Waals surface area contributed by atoms with Crippen LogP contribution >= 0.6 is 12.4 Å². The third-order valence-corrected chi connectivity index (χ3v) is 2.18. The summed E-state index contributed by atoms with van der Waals surface area (Å²) in [6.45, 7) is 2.11. The van der Waals surface area contributed by atoms with Gasteiger partial charge in [0.2, 0.25) is 0 Å². The molecule has 14 heavy (non-hydrogen) atoms. The Morgan fingerprint density at radius 1 is 1.29 bits per heavy atom. The van der Waals surface area contributed by atoms with Crippen LogP contribution in [0.5, 0.6) is 5.75 Å². The molecule has 0 fully saturated rings. The maximum atomic E-state index is 5.84. The zero-order valence-corrected chi connectivity index (χ0v) is 9.51. The second-order valence-electron chi connectivity index (χ2n) is 3.22. The maximum absolute atomic E-state index is 5.84. The van der Waals surface area contributed by atoms with Crippen LogP contribution in [0.15, 0.2) is 24.3 Å². The molecule has 3 heteroatoms. The number of hydrogen-bond donors (Lipinski definition) is 1. The zero-order chi connectivity index (χ0) is 9.68. The van der Waals surface area contributed by atoms with E-state index in [2.05, 4.69) is 19.1 Å². The van der Waals surface area contributed by atoms with Crippen LogP contribution in [0.1, 0.15) is 18.9 Å². The smallest absolute Gasteiger partial charge is 0.118 e. The fourth-order valence-electron chi connectivity index (χ4n) is 1.21. The highest BCUT2D eigenvalue weighted by atomic mass is 35.5. The standard InChI is InChI=1S/C11H17NO.ClH/c1-3-10(12)8-9-4-6-11(13-2)7-5-9;/h4-7,10H,3,8,12H2,1-2H3;1H. The van der Waals surface area contributed by atoms with Gasteiger partial charge in [-0.15, -0.1) is 12.4 Å². The fourth-order valence-corrected chi connectivity index (χ4v) is 1.21. The van der Waals surface area contributed by atoms with Crippen molar-refractivity contribution in [1.29, 1.82) is 0 Å². The van der Waals surface area contributed by atoms with E-state index >= 15 is 0 Å². The first-order valence-corrected chi connectivity index (χ1v) is 4.64. The Bertz CT molecular complexity index is 248. The Hall–Kier alpha value is -0.730. The van der Waals surface area contributed by atoms with Crippen molar-refractivity contribution >= 4 is 12.4 Å². The number of nitrogens with two attached hydrogens (primary N) is 1. The predicted molar refractivity (Wildman–Crippen MR) is 62.2 cm³/mol. The molecule has 1 unspecified atom stereocenters. The van der Waals surface area contributed by atoms with E-state index in [0.717, 1.165) is 18.6 Å². The van der Waals surface area contributed by atoms with Crippen LogP contribution in [-0.4, -0.2) is 13.2 Å². The molecule has 0 aliphatic heterocycles. The van der Waals surface area contributed by atoms with Gasteiger partial charge in [-0.1, -0.05) is 19.1 Å². The van der Waals surface area contributed by atoms with Gasteiger partial charge in [0, 0.05) is 6.04 Å². The average molecular weight is 216 g/mol. The first-order valence-electron chi connectivity index (χ1n) is 4.64. The van der Waals surface area contributed by atoms with E-state index in [1.165, 1.54) is 5.56 Å². The van der Waals surface area contributed by atoms with Crippen molar-refractivity contribution in [3.8, 4) is 5.75 Å². The maximum Gasteiger partial charge on any atom is 0.118 e. The highest BCUT2D eigenvalue weighted by molar-refractivity contribution is 5.85. The summed E-state index contributed by atoms with van der Waals surface area (Å²) in [4.78, 5) is 0. The quantitative estimate of drug-likeness (QED) is 0.837. The number of ether oxygens (including phenoxy) is 1. The van der Waals surface area contributed by atoms with Crippen LogP contribution < -0.4 is 10.5 Å². The molecule has 0 spiro atoms. The van der Waals surface area contributed by atoms with Crippen LogP contribution in [0.3, 0.4) is 0 Å². The Labute approximate surface area is 91.9 Å². The van der Waals surface area contributed by atoms with Crippen molar-refractivity contribution in [2.24, 2.45) is 5.73 Å². The van der Waals surface area contributed by atoms with Gasteiger partial charge >= 0.3 is 0 Å². The molecule has 1 aromatic carbocycles. The van der Waals surface area contributed by atoms with Crippen molar-refractivity contribution < 1.29 is 4.74 Å². The number of hydrogen-bond acceptors (Lipinski definition) is 2. The van der Waals surface area contributed by atoms with Gasteiger partial charge in [-0.2, -0.15) is 0 Å². The summed E-state index contributed by atoms with van der Waals surface area (Å²) < 4.78 is 5.07. The lowest BCUT2D eigenvalue weighted by molar-refractivity contribution is 0.414. The molecule has 0 aliphatic rings. The molecule has 1 atom stereocenters. The molecule has 0 aliphatic carbocycles. The zero-order valence-electron chi connectivity index (χ0n) is 8.69. The summed E-state index contributed by atoms with van der Waals surface area (Å²) >= 11 is 0. The molecule has 0 bridgehead atoms. The van der Waals surface area contributed by atoms with E-state index in [1.807, 2.05) is 12.1 Å². The Morgan fingerprint density at radius 3 is 2.29 bits per heavy atom. The van der Waals surface area contributed by atoms with Crippen molar-refractivity contribution in [1.82, 2.24) is 0 Å². The first kappa shape index (κ1) is 13.3. The largest absolute Gasteiger partial charge is 0.497 e. The minimum Gasteiger partial charge on any atom is -0.497 e. The predicted octanol–water partition coefficient (Wildman–Crippen LogP) is 2.40. The second-order valence-corrected chi connectivity index (χ2v) is 3.22. The second kappa shape index (κ2) is 6.68. The summed E-state index contributed by atoms with van der Waals surface area (Å²) in [5.41, 5.74) is 7.12. The van der Waals surface area contributed by atoms with Crippen LogP contribution in [0.25, 0.3) is 0 Å². The fraction of sp³-hybridized carbons (Fsp3) is 0.455. The summed E-state index contributed by atoms with van der Waals surface area (Å²) in [5.74, 6) is 0.897. The van der Waals surface area contributed by atoms with Crippen LogP contribution in [0.2, 0.25) is 0 Å². The lowest BCUT2D eigenvalue weighted by Crippen LogP contribution is -2.21. The normalized spacial score (nSPS) is 11.6. The van der Waals surface area contributed by atoms with Gasteiger partial charge in [0.1, 0.15) is 5.75 Å². The molecule has 0 amide bonds. The number of methoxy groups -OCH3 is 1. The van der Waals surface area contributed by atoms with Gasteiger partial charge in [-0.25, -0.2) is 0 Å². The van der Waals surface area contributed by atoms with Crippen molar-refractivity contribution in [3.63, 3.8) is 0 Å². The molecule has 2 nitrogen and oxygen atoms in total. The van der Waals surface area contributed by atoms with Gasteiger partial charge in [0.05, 0.1) is 7.11 Å². The van der Waals surface area contributed by atoms with Crippen molar-refractivity contribution in [2.45, 2.75) is 25.8 Å².